The molecule has 1 aromatic rings. The number of hydrogen-bond donors (Lipinski definition) is 1. The van der Waals surface area contributed by atoms with E-state index in [2.05, 4.69) is 4.98 Å². The van der Waals surface area contributed by atoms with Crippen molar-refractivity contribution in [1.82, 2.24) is 9.88 Å². The summed E-state index contributed by atoms with van der Waals surface area (Å²) in [6.07, 6.45) is 1.91. The second-order valence-corrected chi connectivity index (χ2v) is 5.14. The molecule has 1 atom stereocenters. The van der Waals surface area contributed by atoms with Crippen molar-refractivity contribution in [3.05, 3.63) is 29.0 Å². The number of aliphatic carboxylic acids is 1. The van der Waals surface area contributed by atoms with Crippen molar-refractivity contribution in [1.29, 1.82) is 0 Å². The number of aromatic nitrogens is 1. The van der Waals surface area contributed by atoms with Gasteiger partial charge in [-0.2, -0.15) is 0 Å². The highest BCUT2D eigenvalue weighted by Gasteiger charge is 2.42. The van der Waals surface area contributed by atoms with Crippen LogP contribution in [0.25, 0.3) is 0 Å². The second kappa shape index (κ2) is 4.57. The molecule has 0 saturated carbocycles. The van der Waals surface area contributed by atoms with E-state index in [1.807, 2.05) is 0 Å². The lowest BCUT2D eigenvalue weighted by Gasteiger charge is -2.19. The van der Waals surface area contributed by atoms with E-state index in [0.29, 0.717) is 18.0 Å². The van der Waals surface area contributed by atoms with E-state index in [1.54, 1.807) is 13.0 Å². The van der Waals surface area contributed by atoms with Gasteiger partial charge in [-0.15, -0.1) is 0 Å². The first-order valence-electron chi connectivity index (χ1n) is 5.57. The molecule has 0 aliphatic carbocycles. The average molecular weight is 269 g/mol. The van der Waals surface area contributed by atoms with Crippen LogP contribution in [0.2, 0.25) is 5.02 Å². The number of nitrogens with zero attached hydrogens (tertiary/aromatic N) is 2. The third kappa shape index (κ3) is 2.31. The molecule has 1 fully saturated rings. The molecule has 1 saturated heterocycles. The standard InChI is InChI=1S/C12H13ClN2O3/c1-12(11(17)18)3-5-15(7-12)10(16)9-6-8(13)2-4-14-9/h2,4,6H,3,5,7H2,1H3,(H,17,18). The molecule has 1 amide bonds. The fourth-order valence-electron chi connectivity index (χ4n) is 1.99. The molecule has 0 spiro atoms. The first-order chi connectivity index (χ1) is 8.42. The number of carboxylic acids is 1. The van der Waals surface area contributed by atoms with Crippen LogP contribution in [0, 0.1) is 5.41 Å². The molecule has 0 radical (unpaired) electrons. The number of rotatable bonds is 2. The summed E-state index contributed by atoms with van der Waals surface area (Å²) in [6, 6.07) is 3.07. The lowest BCUT2D eigenvalue weighted by atomic mass is 9.90. The highest BCUT2D eigenvalue weighted by molar-refractivity contribution is 6.30. The SMILES string of the molecule is CC1(C(=O)O)CCN(C(=O)c2cc(Cl)ccn2)C1. The Labute approximate surface area is 109 Å². The average Bonchev–Trinajstić information content (AvgIpc) is 2.72. The van der Waals surface area contributed by atoms with Gasteiger partial charge in [0, 0.05) is 24.3 Å². The molecule has 0 aromatic carbocycles. The first kappa shape index (κ1) is 12.8. The number of likely N-dealkylation sites (tertiary alicyclic amines) is 1. The number of amides is 1. The molecule has 96 valence electrons. The van der Waals surface area contributed by atoms with E-state index in [1.165, 1.54) is 17.2 Å². The fraction of sp³-hybridized carbons (Fsp3) is 0.417. The molecule has 1 aliphatic rings. The first-order valence-corrected chi connectivity index (χ1v) is 5.94. The van der Waals surface area contributed by atoms with Crippen molar-refractivity contribution < 1.29 is 14.7 Å². The molecule has 1 N–H and O–H groups in total. The number of pyridine rings is 1. The maximum atomic E-state index is 12.1. The Kier molecular flexibility index (Phi) is 3.26. The Morgan fingerprint density at radius 3 is 2.83 bits per heavy atom. The quantitative estimate of drug-likeness (QED) is 0.886. The van der Waals surface area contributed by atoms with E-state index in [4.69, 9.17) is 16.7 Å². The molecule has 2 heterocycles. The van der Waals surface area contributed by atoms with Gasteiger partial charge in [-0.1, -0.05) is 11.6 Å². The van der Waals surface area contributed by atoms with Crippen molar-refractivity contribution in [3.8, 4) is 0 Å². The highest BCUT2D eigenvalue weighted by Crippen LogP contribution is 2.30. The molecule has 2 rings (SSSR count). The minimum Gasteiger partial charge on any atom is -0.481 e. The summed E-state index contributed by atoms with van der Waals surface area (Å²) >= 11 is 5.80. The number of carbonyl (C=O) groups is 2. The Balaban J connectivity index is 2.15. The van der Waals surface area contributed by atoms with Crippen molar-refractivity contribution in [2.45, 2.75) is 13.3 Å². The number of halogens is 1. The fourth-order valence-corrected chi connectivity index (χ4v) is 2.15. The Hall–Kier alpha value is -1.62. The molecular weight excluding hydrogens is 256 g/mol. The molecule has 18 heavy (non-hydrogen) atoms. The van der Waals surface area contributed by atoms with Gasteiger partial charge in [0.1, 0.15) is 5.69 Å². The molecule has 1 aromatic heterocycles. The summed E-state index contributed by atoms with van der Waals surface area (Å²) in [5, 5.41) is 9.55. The van der Waals surface area contributed by atoms with Crippen LogP contribution in [0.3, 0.4) is 0 Å². The van der Waals surface area contributed by atoms with Crippen LogP contribution >= 0.6 is 11.6 Å². The van der Waals surface area contributed by atoms with Gasteiger partial charge in [-0.3, -0.25) is 14.6 Å². The Morgan fingerprint density at radius 2 is 2.28 bits per heavy atom. The van der Waals surface area contributed by atoms with Gasteiger partial charge in [0.25, 0.3) is 5.91 Å². The zero-order valence-electron chi connectivity index (χ0n) is 9.89. The topological polar surface area (TPSA) is 70.5 Å². The summed E-state index contributed by atoms with van der Waals surface area (Å²) in [5.74, 6) is -1.15. The van der Waals surface area contributed by atoms with E-state index in [-0.39, 0.29) is 18.1 Å². The van der Waals surface area contributed by atoms with Crippen LogP contribution in [0.1, 0.15) is 23.8 Å². The Morgan fingerprint density at radius 1 is 1.56 bits per heavy atom. The number of carbonyl (C=O) groups excluding carboxylic acids is 1. The van der Waals surface area contributed by atoms with Gasteiger partial charge >= 0.3 is 5.97 Å². The zero-order chi connectivity index (χ0) is 13.3. The van der Waals surface area contributed by atoms with E-state index < -0.39 is 11.4 Å². The predicted octanol–water partition coefficient (Wildman–Crippen LogP) is 1.67. The molecule has 1 aliphatic heterocycles. The zero-order valence-corrected chi connectivity index (χ0v) is 10.6. The third-order valence-electron chi connectivity index (χ3n) is 3.22. The van der Waals surface area contributed by atoms with Gasteiger partial charge in [-0.05, 0) is 25.5 Å². The Bertz CT molecular complexity index is 506. The molecule has 0 bridgehead atoms. The van der Waals surface area contributed by atoms with Crippen LogP contribution in [0.15, 0.2) is 18.3 Å². The normalized spacial score (nSPS) is 23.1. The lowest BCUT2D eigenvalue weighted by Crippen LogP contribution is -2.35. The molecule has 6 heteroatoms. The van der Waals surface area contributed by atoms with Gasteiger partial charge in [0.2, 0.25) is 0 Å². The second-order valence-electron chi connectivity index (χ2n) is 4.70. The molecule has 5 nitrogen and oxygen atoms in total. The van der Waals surface area contributed by atoms with Crippen molar-refractivity contribution >= 4 is 23.5 Å². The minimum atomic E-state index is -0.878. The van der Waals surface area contributed by atoms with Crippen LogP contribution in [0.4, 0.5) is 0 Å². The van der Waals surface area contributed by atoms with Crippen LogP contribution < -0.4 is 0 Å². The summed E-state index contributed by atoms with van der Waals surface area (Å²) in [6.45, 7) is 2.28. The number of carboxylic acid groups (broad SMARTS) is 1. The van der Waals surface area contributed by atoms with Crippen LogP contribution in [0.5, 0.6) is 0 Å². The third-order valence-corrected chi connectivity index (χ3v) is 3.45. The molecular formula is C12H13ClN2O3. The van der Waals surface area contributed by atoms with Gasteiger partial charge < -0.3 is 10.0 Å². The smallest absolute Gasteiger partial charge is 0.311 e. The van der Waals surface area contributed by atoms with E-state index in [9.17, 15) is 9.59 Å². The minimum absolute atomic E-state index is 0.204. The monoisotopic (exact) mass is 268 g/mol. The summed E-state index contributed by atoms with van der Waals surface area (Å²) in [7, 11) is 0. The molecule has 1 unspecified atom stereocenters. The summed E-state index contributed by atoms with van der Waals surface area (Å²) < 4.78 is 0. The summed E-state index contributed by atoms with van der Waals surface area (Å²) in [5.41, 5.74) is -0.619. The van der Waals surface area contributed by atoms with E-state index in [0.717, 1.165) is 0 Å². The highest BCUT2D eigenvalue weighted by atomic mass is 35.5. The van der Waals surface area contributed by atoms with Crippen molar-refractivity contribution in [2.24, 2.45) is 5.41 Å². The van der Waals surface area contributed by atoms with Crippen LogP contribution in [-0.2, 0) is 4.79 Å². The lowest BCUT2D eigenvalue weighted by molar-refractivity contribution is -0.147. The maximum Gasteiger partial charge on any atom is 0.311 e. The van der Waals surface area contributed by atoms with Crippen LogP contribution in [-0.4, -0.2) is 40.0 Å². The van der Waals surface area contributed by atoms with Crippen molar-refractivity contribution in [2.75, 3.05) is 13.1 Å². The predicted molar refractivity (Wildman–Crippen MR) is 65.5 cm³/mol. The number of hydrogen-bond acceptors (Lipinski definition) is 3. The van der Waals surface area contributed by atoms with Gasteiger partial charge in [0.15, 0.2) is 0 Å². The maximum absolute atomic E-state index is 12.1. The van der Waals surface area contributed by atoms with Gasteiger partial charge in [-0.25, -0.2) is 0 Å². The largest absolute Gasteiger partial charge is 0.481 e. The summed E-state index contributed by atoms with van der Waals surface area (Å²) in [4.78, 5) is 28.7. The van der Waals surface area contributed by atoms with Crippen molar-refractivity contribution in [3.63, 3.8) is 0 Å². The van der Waals surface area contributed by atoms with Gasteiger partial charge in [0.05, 0.1) is 5.41 Å². The van der Waals surface area contributed by atoms with E-state index >= 15 is 0 Å².